The van der Waals surface area contributed by atoms with Crippen LogP contribution in [-0.4, -0.2) is 56.4 Å². The quantitative estimate of drug-likeness (QED) is 0.337. The number of hydrogen-bond donors (Lipinski definition) is 0. The zero-order valence-electron chi connectivity index (χ0n) is 4.99. The van der Waals surface area contributed by atoms with Crippen molar-refractivity contribution in [1.29, 1.82) is 0 Å². The Morgan fingerprint density at radius 2 is 0.727 bits per heavy atom. The Bertz CT molecular complexity index is 32.5. The van der Waals surface area contributed by atoms with Gasteiger partial charge in [0.05, 0.1) is 0 Å². The van der Waals surface area contributed by atoms with E-state index in [-0.39, 0.29) is 50.2 Å². The summed E-state index contributed by atoms with van der Waals surface area (Å²) < 4.78 is 0. The molecule has 0 aromatic rings. The largest absolute Gasteiger partial charge is 3.00 e. The third-order valence-electron chi connectivity index (χ3n) is 0. The van der Waals surface area contributed by atoms with Gasteiger partial charge in [-0.05, 0) is 6.16 Å². The molecule has 0 atom stereocenters. The fourth-order valence-corrected chi connectivity index (χ4v) is 0. The van der Waals surface area contributed by atoms with Gasteiger partial charge in [0, 0.05) is 0 Å². The minimum absolute atomic E-state index is 0. The summed E-state index contributed by atoms with van der Waals surface area (Å²) in [6.45, 7) is 0. The fourth-order valence-electron chi connectivity index (χ4n) is 0. The van der Waals surface area contributed by atoms with E-state index < -0.39 is 6.16 Å². The molecule has 9 nitrogen and oxygen atoms in total. The van der Waals surface area contributed by atoms with E-state index in [0.717, 1.165) is 0 Å². The van der Waals surface area contributed by atoms with E-state index >= 15 is 0 Å². The third-order valence-corrected chi connectivity index (χ3v) is 0. The summed E-state index contributed by atoms with van der Waals surface area (Å²) in [6, 6.07) is 0. The Labute approximate surface area is 72.2 Å². The van der Waals surface area contributed by atoms with E-state index in [1.807, 2.05) is 0 Å². The van der Waals surface area contributed by atoms with E-state index in [2.05, 4.69) is 0 Å². The van der Waals surface area contributed by atoms with Crippen molar-refractivity contribution in [3.05, 3.63) is 0 Å². The van der Waals surface area contributed by atoms with Gasteiger partial charge in [0.15, 0.2) is 0 Å². The van der Waals surface area contributed by atoms with Gasteiger partial charge < -0.3 is 47.9 Å². The molecular formula is CH6AlO9-5. The SMILES string of the molecule is O=C([O-])[O-].[Al+3].[OH-].[OH-].[OH-].[OH-].[OH-].[OH-]. The first kappa shape index (κ1) is 147. The van der Waals surface area contributed by atoms with Crippen LogP contribution in [0.3, 0.4) is 0 Å². The van der Waals surface area contributed by atoms with Crippen molar-refractivity contribution in [2.45, 2.75) is 0 Å². The first-order valence-electron chi connectivity index (χ1n) is 0.612. The van der Waals surface area contributed by atoms with Crippen LogP contribution in [-0.2, 0) is 0 Å². The maximum atomic E-state index is 8.33. The molecule has 0 aliphatic carbocycles. The summed E-state index contributed by atoms with van der Waals surface area (Å²) in [5, 5.41) is 16.7. The monoisotopic (exact) mass is 189 g/mol. The zero-order chi connectivity index (χ0) is 3.58. The number of rotatable bonds is 0. The Hall–Kier alpha value is -0.438. The first-order chi connectivity index (χ1) is 1.73. The Kier molecular flexibility index (Phi) is 1430. The van der Waals surface area contributed by atoms with E-state index in [9.17, 15) is 0 Å². The molecule has 0 aliphatic rings. The molecule has 0 fully saturated rings. The summed E-state index contributed by atoms with van der Waals surface area (Å²) in [5.41, 5.74) is 0. The van der Waals surface area contributed by atoms with Crippen LogP contribution in [0, 0.1) is 0 Å². The summed E-state index contributed by atoms with van der Waals surface area (Å²) >= 11 is 0. The second-order valence-electron chi connectivity index (χ2n) is 0.250. The predicted octanol–water partition coefficient (Wildman–Crippen LogP) is -3.89. The van der Waals surface area contributed by atoms with Crippen molar-refractivity contribution in [2.75, 3.05) is 0 Å². The molecule has 0 saturated heterocycles. The second-order valence-corrected chi connectivity index (χ2v) is 0.250. The molecule has 0 spiro atoms. The standard InChI is InChI=1S/CH2O3.Al.6H2O/c2-1(3)4;;;;;;;/h(H2,2,3,4);;6*1H2/q;+3;;;;;;/p-8. The molecule has 0 amide bonds. The Morgan fingerprint density at radius 3 is 0.727 bits per heavy atom. The van der Waals surface area contributed by atoms with E-state index in [1.165, 1.54) is 0 Å². The first-order valence-corrected chi connectivity index (χ1v) is 0.612. The van der Waals surface area contributed by atoms with Gasteiger partial charge in [0.1, 0.15) is 0 Å². The van der Waals surface area contributed by atoms with Crippen molar-refractivity contribution >= 4 is 23.5 Å². The minimum Gasteiger partial charge on any atom is -0.870 e. The van der Waals surface area contributed by atoms with E-state index in [0.29, 0.717) is 0 Å². The fraction of sp³-hybridized carbons (Fsp3) is 0. The molecule has 0 unspecified atom stereocenters. The molecule has 11 heavy (non-hydrogen) atoms. The van der Waals surface area contributed by atoms with Gasteiger partial charge in [-0.25, -0.2) is 0 Å². The summed E-state index contributed by atoms with van der Waals surface area (Å²) in [5.74, 6) is 0. The van der Waals surface area contributed by atoms with Crippen LogP contribution < -0.4 is 10.2 Å². The number of carboxylic acid groups (broad SMARTS) is 2. The van der Waals surface area contributed by atoms with Gasteiger partial charge in [-0.1, -0.05) is 0 Å². The Balaban J connectivity index is -0.00000000214. The molecule has 72 valence electrons. The molecule has 0 aromatic heterocycles. The van der Waals surface area contributed by atoms with Crippen molar-refractivity contribution < 1.29 is 47.9 Å². The average Bonchev–Trinajstić information content (AvgIpc) is 0.811. The van der Waals surface area contributed by atoms with Crippen molar-refractivity contribution in [3.63, 3.8) is 0 Å². The van der Waals surface area contributed by atoms with Crippen LogP contribution in [0.4, 0.5) is 4.79 Å². The second kappa shape index (κ2) is 107. The minimum atomic E-state index is -2.33. The average molecular weight is 189 g/mol. The molecule has 0 aliphatic heterocycles. The van der Waals surface area contributed by atoms with Crippen LogP contribution in [0.1, 0.15) is 0 Å². The summed E-state index contributed by atoms with van der Waals surface area (Å²) in [6.07, 6.45) is -2.33. The Morgan fingerprint density at radius 1 is 0.727 bits per heavy atom. The molecule has 0 radical (unpaired) electrons. The van der Waals surface area contributed by atoms with Gasteiger partial charge in [-0.2, -0.15) is 0 Å². The van der Waals surface area contributed by atoms with Gasteiger partial charge in [-0.3, -0.25) is 0 Å². The maximum Gasteiger partial charge on any atom is 3.00 e. The van der Waals surface area contributed by atoms with Crippen LogP contribution in [0.5, 0.6) is 0 Å². The number of carbonyl (C=O) groups excluding carboxylic acids is 1. The van der Waals surface area contributed by atoms with Gasteiger partial charge in [-0.15, -0.1) is 0 Å². The molecule has 0 rings (SSSR count). The van der Waals surface area contributed by atoms with Crippen LogP contribution in [0.15, 0.2) is 0 Å². The topological polar surface area (TPSA) is 243 Å². The summed E-state index contributed by atoms with van der Waals surface area (Å²) in [7, 11) is 0. The maximum absolute atomic E-state index is 8.33. The zero-order valence-corrected chi connectivity index (χ0v) is 6.14. The predicted molar refractivity (Wildman–Crippen MR) is 22.8 cm³/mol. The normalized spacial score (nSPS) is 2.18. The van der Waals surface area contributed by atoms with Crippen molar-refractivity contribution in [3.8, 4) is 0 Å². The molecule has 0 saturated carbocycles. The third kappa shape index (κ3) is 2860. The van der Waals surface area contributed by atoms with Gasteiger partial charge >= 0.3 is 17.4 Å². The van der Waals surface area contributed by atoms with Crippen LogP contribution >= 0.6 is 0 Å². The van der Waals surface area contributed by atoms with Crippen LogP contribution in [0.2, 0.25) is 0 Å². The number of hydrogen-bond acceptors (Lipinski definition) is 9. The molecule has 0 aromatic carbocycles. The van der Waals surface area contributed by atoms with Crippen molar-refractivity contribution in [2.24, 2.45) is 0 Å². The van der Waals surface area contributed by atoms with Crippen LogP contribution in [0.25, 0.3) is 0 Å². The molecule has 0 heterocycles. The van der Waals surface area contributed by atoms with Gasteiger partial charge in [0.2, 0.25) is 0 Å². The summed E-state index contributed by atoms with van der Waals surface area (Å²) in [4.78, 5) is 8.33. The van der Waals surface area contributed by atoms with Gasteiger partial charge in [0.25, 0.3) is 0 Å². The molecule has 0 bridgehead atoms. The molecular weight excluding hydrogens is 183 g/mol. The number of carbonyl (C=O) groups is 1. The molecule has 6 N–H and O–H groups in total. The molecule has 10 heteroatoms. The van der Waals surface area contributed by atoms with Crippen molar-refractivity contribution in [1.82, 2.24) is 0 Å². The van der Waals surface area contributed by atoms with E-state index in [4.69, 9.17) is 15.0 Å². The van der Waals surface area contributed by atoms with E-state index in [1.54, 1.807) is 0 Å². The smallest absolute Gasteiger partial charge is 0.870 e.